The van der Waals surface area contributed by atoms with E-state index in [2.05, 4.69) is 5.09 Å². The third kappa shape index (κ3) is 5.17. The highest BCUT2D eigenvalue weighted by Gasteiger charge is 2.37. The highest BCUT2D eigenvalue weighted by molar-refractivity contribution is 8.00. The van der Waals surface area contributed by atoms with Crippen LogP contribution in [0.4, 0.5) is 0 Å². The molecule has 0 aromatic rings. The Morgan fingerprint density at radius 3 is 2.67 bits per heavy atom. The van der Waals surface area contributed by atoms with Crippen LogP contribution in [0.2, 0.25) is 0 Å². The van der Waals surface area contributed by atoms with Crippen molar-refractivity contribution in [2.24, 2.45) is 0 Å². The number of aliphatic hydroxyl groups excluding tert-OH is 1. The van der Waals surface area contributed by atoms with Crippen molar-refractivity contribution in [3.63, 3.8) is 0 Å². The molecule has 0 aromatic carbocycles. The highest BCUT2D eigenvalue weighted by Crippen LogP contribution is 2.50. The average molecular weight is 337 g/mol. The van der Waals surface area contributed by atoms with Crippen molar-refractivity contribution in [1.29, 1.82) is 0 Å². The molecular weight excluding hydrogens is 318 g/mol. The fraction of sp³-hybridized carbons (Fsp3) is 1.00. The van der Waals surface area contributed by atoms with Crippen LogP contribution < -0.4 is 5.09 Å². The van der Waals surface area contributed by atoms with Gasteiger partial charge in [0.25, 0.3) is 0 Å². The third-order valence-electron chi connectivity index (χ3n) is 2.42. The summed E-state index contributed by atoms with van der Waals surface area (Å²) in [4.78, 5) is 0. The van der Waals surface area contributed by atoms with Crippen molar-refractivity contribution >= 4 is 42.6 Å². The topological polar surface area (TPSA) is 61.8 Å². The number of nitrogens with one attached hydrogen (secondary N) is 1. The normalized spacial score (nSPS) is 28.8. The van der Waals surface area contributed by atoms with E-state index in [0.29, 0.717) is 37.2 Å². The van der Waals surface area contributed by atoms with Crippen LogP contribution in [-0.2, 0) is 9.09 Å². The maximum Gasteiger partial charge on any atom is 0.344 e. The van der Waals surface area contributed by atoms with Gasteiger partial charge in [-0.2, -0.15) is 0 Å². The Hall–Kier alpha value is 1.00. The van der Waals surface area contributed by atoms with Gasteiger partial charge < -0.3 is 9.63 Å². The van der Waals surface area contributed by atoms with Gasteiger partial charge in [0.1, 0.15) is 0 Å². The van der Waals surface area contributed by atoms with Gasteiger partial charge in [-0.25, -0.2) is 9.76 Å². The molecule has 1 aliphatic heterocycles. The first-order valence-electron chi connectivity index (χ1n) is 5.78. The average Bonchev–Trinajstić information content (AvgIpc) is 2.36. The van der Waals surface area contributed by atoms with Crippen LogP contribution in [0.5, 0.6) is 0 Å². The number of alkyl halides is 2. The first-order valence-corrected chi connectivity index (χ1v) is 9.48. The zero-order chi connectivity index (χ0) is 13.4. The molecule has 2 unspecified atom stereocenters. The quantitative estimate of drug-likeness (QED) is 0.521. The van der Waals surface area contributed by atoms with E-state index in [0.717, 1.165) is 6.42 Å². The van der Waals surface area contributed by atoms with Gasteiger partial charge in [0.2, 0.25) is 0 Å². The number of hydrogen-bond donors (Lipinski definition) is 2. The van der Waals surface area contributed by atoms with Gasteiger partial charge in [0.15, 0.2) is 0 Å². The highest BCUT2D eigenvalue weighted by atomic mass is 35.5. The van der Waals surface area contributed by atoms with Gasteiger partial charge in [-0.1, -0.05) is 0 Å². The molecule has 9 heteroatoms. The Labute approximate surface area is 122 Å². The minimum absolute atomic E-state index is 0.0323. The minimum atomic E-state index is -3.04. The molecule has 1 heterocycles. The van der Waals surface area contributed by atoms with Crippen LogP contribution in [0.3, 0.4) is 0 Å². The second-order valence-electron chi connectivity index (χ2n) is 3.69. The van der Waals surface area contributed by atoms with Crippen LogP contribution in [-0.4, -0.2) is 59.0 Å². The van der Waals surface area contributed by atoms with Gasteiger partial charge in [-0.3, -0.25) is 4.57 Å². The molecule has 108 valence electrons. The van der Waals surface area contributed by atoms with Crippen LogP contribution in [0, 0.1) is 0 Å². The molecule has 1 rings (SSSR count). The van der Waals surface area contributed by atoms with E-state index in [1.165, 1.54) is 0 Å². The predicted molar refractivity (Wildman–Crippen MR) is 77.7 cm³/mol. The van der Waals surface area contributed by atoms with Gasteiger partial charge in [-0.15, -0.1) is 35.0 Å². The van der Waals surface area contributed by atoms with Gasteiger partial charge >= 0.3 is 7.67 Å². The minimum Gasteiger partial charge on any atom is -0.396 e. The van der Waals surface area contributed by atoms with E-state index in [-0.39, 0.29) is 12.0 Å². The summed E-state index contributed by atoms with van der Waals surface area (Å²) < 4.78 is 19.8. The molecule has 2 atom stereocenters. The van der Waals surface area contributed by atoms with Crippen LogP contribution in [0.25, 0.3) is 0 Å². The largest absolute Gasteiger partial charge is 0.396 e. The molecule has 0 amide bonds. The number of hydrogen-bond acceptors (Lipinski definition) is 4. The maximum absolute atomic E-state index is 12.7. The molecule has 0 spiro atoms. The first-order chi connectivity index (χ1) is 8.66. The molecule has 1 aliphatic rings. The summed E-state index contributed by atoms with van der Waals surface area (Å²) in [6.07, 6.45) is 0.768. The van der Waals surface area contributed by atoms with E-state index < -0.39 is 7.67 Å². The molecule has 2 N–H and O–H groups in total. The van der Waals surface area contributed by atoms with Crippen LogP contribution in [0.15, 0.2) is 0 Å². The molecule has 1 saturated heterocycles. The zero-order valence-corrected chi connectivity index (χ0v) is 13.3. The summed E-state index contributed by atoms with van der Waals surface area (Å²) in [5, 5.41) is 11.9. The molecule has 18 heavy (non-hydrogen) atoms. The molecule has 0 saturated carbocycles. The summed E-state index contributed by atoms with van der Waals surface area (Å²) in [6, 6.07) is 0. The lowest BCUT2D eigenvalue weighted by molar-refractivity contribution is 0.227. The van der Waals surface area contributed by atoms with Gasteiger partial charge in [-0.05, 0) is 6.42 Å². The Kier molecular flexibility index (Phi) is 8.56. The van der Waals surface area contributed by atoms with Crippen molar-refractivity contribution in [1.82, 2.24) is 9.76 Å². The molecule has 0 aromatic heterocycles. The van der Waals surface area contributed by atoms with Crippen LogP contribution >= 0.6 is 42.6 Å². The molecule has 0 bridgehead atoms. The smallest absolute Gasteiger partial charge is 0.344 e. The molecular formula is C9H19Cl2N2O3PS. The fourth-order valence-corrected chi connectivity index (χ4v) is 5.58. The lowest BCUT2D eigenvalue weighted by Crippen LogP contribution is -2.40. The third-order valence-corrected chi connectivity index (χ3v) is 6.42. The Bertz CT molecular complexity index is 283. The number of aliphatic hydroxyl groups is 1. The first kappa shape index (κ1) is 17.1. The van der Waals surface area contributed by atoms with E-state index in [1.54, 1.807) is 16.4 Å². The van der Waals surface area contributed by atoms with Crippen molar-refractivity contribution in [2.75, 3.05) is 43.8 Å². The predicted octanol–water partition coefficient (Wildman–Crippen LogP) is 1.94. The number of rotatable bonds is 8. The summed E-state index contributed by atoms with van der Waals surface area (Å²) >= 11 is 13.0. The number of nitrogens with zero attached hydrogens (tertiary/aromatic N) is 1. The van der Waals surface area contributed by atoms with Gasteiger partial charge in [0.05, 0.1) is 18.6 Å². The molecule has 1 fully saturated rings. The van der Waals surface area contributed by atoms with Gasteiger partial charge in [0, 0.05) is 30.6 Å². The molecule has 0 radical (unpaired) electrons. The Morgan fingerprint density at radius 1 is 1.44 bits per heavy atom. The van der Waals surface area contributed by atoms with Crippen LogP contribution in [0.1, 0.15) is 6.42 Å². The van der Waals surface area contributed by atoms with E-state index in [9.17, 15) is 4.57 Å². The summed E-state index contributed by atoms with van der Waals surface area (Å²) in [5.74, 6) is 1.36. The standard InChI is InChI=1S/C9H19Cl2N2O3PS/c10-2-4-13(5-3-11)17(15)12-9(1-7-16-17)18-8-6-14/h9,14H,1-8H2,(H,12,15). The maximum atomic E-state index is 12.7. The second-order valence-corrected chi connectivity index (χ2v) is 7.88. The van der Waals surface area contributed by atoms with E-state index in [4.69, 9.17) is 32.8 Å². The SMILES string of the molecule is O=P1(N(CCCl)CCCl)NC(SCCO)CCO1. The summed E-state index contributed by atoms with van der Waals surface area (Å²) in [7, 11) is -3.04. The summed E-state index contributed by atoms with van der Waals surface area (Å²) in [5.41, 5.74) is 0. The Morgan fingerprint density at radius 2 is 2.11 bits per heavy atom. The number of halogens is 2. The number of thioether (sulfide) groups is 1. The molecule has 0 aliphatic carbocycles. The second kappa shape index (κ2) is 9.03. The lowest BCUT2D eigenvalue weighted by atomic mass is 10.5. The van der Waals surface area contributed by atoms with E-state index >= 15 is 0 Å². The zero-order valence-electron chi connectivity index (χ0n) is 10.1. The van der Waals surface area contributed by atoms with Crippen molar-refractivity contribution in [3.8, 4) is 0 Å². The monoisotopic (exact) mass is 336 g/mol. The lowest BCUT2D eigenvalue weighted by Gasteiger charge is -2.36. The van der Waals surface area contributed by atoms with Crippen molar-refractivity contribution < 1.29 is 14.2 Å². The molecule has 5 nitrogen and oxygen atoms in total. The van der Waals surface area contributed by atoms with E-state index in [1.807, 2.05) is 0 Å². The van der Waals surface area contributed by atoms with Crippen molar-refractivity contribution in [2.45, 2.75) is 11.8 Å². The van der Waals surface area contributed by atoms with Crippen molar-refractivity contribution in [3.05, 3.63) is 0 Å². The Balaban J connectivity index is 2.61. The fourth-order valence-electron chi connectivity index (χ4n) is 1.62. The summed E-state index contributed by atoms with van der Waals surface area (Å²) in [6.45, 7) is 1.49.